The van der Waals surface area contributed by atoms with Gasteiger partial charge in [-0.3, -0.25) is 0 Å². The van der Waals surface area contributed by atoms with Crippen LogP contribution in [-0.2, 0) is 0 Å². The van der Waals surface area contributed by atoms with Gasteiger partial charge in [-0.15, -0.1) is 0 Å². The zero-order chi connectivity index (χ0) is 27.6. The van der Waals surface area contributed by atoms with E-state index >= 15 is 0 Å². The monoisotopic (exact) mass is 534 g/mol. The zero-order valence-electron chi connectivity index (χ0n) is 22.9. The quantitative estimate of drug-likeness (QED) is 0.200. The Bertz CT molecular complexity index is 2440. The number of fused-ring (bicyclic) bond motifs is 8. The maximum absolute atomic E-state index is 2.46. The summed E-state index contributed by atoms with van der Waals surface area (Å²) >= 11 is 0. The highest BCUT2D eigenvalue weighted by Gasteiger charge is 2.20. The molecule has 0 radical (unpaired) electrons. The summed E-state index contributed by atoms with van der Waals surface area (Å²) in [5.74, 6) is 0. The van der Waals surface area contributed by atoms with Gasteiger partial charge in [-0.05, 0) is 69.6 Å². The largest absolute Gasteiger partial charge is 0.309 e. The lowest BCUT2D eigenvalue weighted by Gasteiger charge is -2.12. The molecule has 0 bridgehead atoms. The Labute approximate surface area is 243 Å². The van der Waals surface area contributed by atoms with E-state index in [1.165, 1.54) is 71.2 Å². The summed E-state index contributed by atoms with van der Waals surface area (Å²) in [7, 11) is 0. The van der Waals surface area contributed by atoms with Gasteiger partial charge in [0.2, 0.25) is 0 Å². The fourth-order valence-corrected chi connectivity index (χ4v) is 6.83. The lowest BCUT2D eigenvalue weighted by atomic mass is 10.0. The van der Waals surface area contributed by atoms with Crippen LogP contribution in [-0.4, -0.2) is 9.13 Å². The molecule has 2 nitrogen and oxygen atoms in total. The van der Waals surface area contributed by atoms with Gasteiger partial charge < -0.3 is 9.13 Å². The van der Waals surface area contributed by atoms with Crippen molar-refractivity contribution in [3.63, 3.8) is 0 Å². The molecule has 0 spiro atoms. The zero-order valence-corrected chi connectivity index (χ0v) is 22.9. The van der Waals surface area contributed by atoms with Gasteiger partial charge in [0.1, 0.15) is 0 Å². The van der Waals surface area contributed by atoms with E-state index in [1.807, 2.05) is 0 Å². The predicted molar refractivity (Wildman–Crippen MR) is 178 cm³/mol. The van der Waals surface area contributed by atoms with Crippen molar-refractivity contribution in [3.8, 4) is 22.6 Å². The van der Waals surface area contributed by atoms with Gasteiger partial charge in [0.25, 0.3) is 0 Å². The second-order valence-corrected chi connectivity index (χ2v) is 11.0. The highest BCUT2D eigenvalue weighted by Crippen LogP contribution is 2.41. The molecule has 7 aromatic carbocycles. The van der Waals surface area contributed by atoms with Crippen molar-refractivity contribution >= 4 is 54.3 Å². The molecule has 0 saturated heterocycles. The molecule has 2 heterocycles. The van der Waals surface area contributed by atoms with E-state index in [1.54, 1.807) is 0 Å². The average molecular weight is 535 g/mol. The van der Waals surface area contributed by atoms with Crippen LogP contribution < -0.4 is 0 Å². The van der Waals surface area contributed by atoms with Gasteiger partial charge in [0.15, 0.2) is 0 Å². The van der Waals surface area contributed by atoms with Crippen molar-refractivity contribution in [2.75, 3.05) is 0 Å². The summed E-state index contributed by atoms with van der Waals surface area (Å²) in [5, 5.41) is 8.86. The second kappa shape index (κ2) is 8.95. The van der Waals surface area contributed by atoms with Crippen molar-refractivity contribution in [1.82, 2.24) is 9.13 Å². The average Bonchev–Trinajstić information content (AvgIpc) is 3.62. The smallest absolute Gasteiger partial charge is 0.0635 e. The Kier molecular flexibility index (Phi) is 4.93. The second-order valence-electron chi connectivity index (χ2n) is 11.0. The number of rotatable bonds is 3. The molecule has 42 heavy (non-hydrogen) atoms. The van der Waals surface area contributed by atoms with E-state index in [2.05, 4.69) is 167 Å². The van der Waals surface area contributed by atoms with Crippen LogP contribution in [0.15, 0.2) is 158 Å². The molecule has 0 N–H and O–H groups in total. The summed E-state index contributed by atoms with van der Waals surface area (Å²) in [6.45, 7) is 0. The number of benzene rings is 7. The molecule has 0 atom stereocenters. The fourth-order valence-electron chi connectivity index (χ4n) is 6.83. The molecule has 0 amide bonds. The number of nitrogens with zero attached hydrogens (tertiary/aromatic N) is 2. The first-order chi connectivity index (χ1) is 20.8. The van der Waals surface area contributed by atoms with Crippen molar-refractivity contribution in [2.45, 2.75) is 0 Å². The van der Waals surface area contributed by atoms with Crippen LogP contribution in [0.3, 0.4) is 0 Å². The Balaban J connectivity index is 1.41. The van der Waals surface area contributed by atoms with Gasteiger partial charge in [-0.1, -0.05) is 115 Å². The number of para-hydroxylation sites is 2. The lowest BCUT2D eigenvalue weighted by molar-refractivity contribution is 1.13. The molecule has 0 saturated carbocycles. The molecule has 9 aromatic rings. The van der Waals surface area contributed by atoms with E-state index in [4.69, 9.17) is 0 Å². The maximum Gasteiger partial charge on any atom is 0.0635 e. The number of aromatic nitrogens is 2. The SMILES string of the molecule is c1ccc(-c2cc3c(ccc4c5ccccc5n(-c5ccc6c(ccc7ccccc76)c5)c43)n2-c2ccccc2)cc1. The van der Waals surface area contributed by atoms with E-state index < -0.39 is 0 Å². The summed E-state index contributed by atoms with van der Waals surface area (Å²) < 4.78 is 4.87. The molecule has 2 heteroatoms. The van der Waals surface area contributed by atoms with Crippen molar-refractivity contribution in [3.05, 3.63) is 158 Å². The van der Waals surface area contributed by atoms with E-state index in [0.29, 0.717) is 0 Å². The van der Waals surface area contributed by atoms with Crippen LogP contribution in [0.2, 0.25) is 0 Å². The highest BCUT2D eigenvalue weighted by molar-refractivity contribution is 6.19. The third-order valence-corrected chi connectivity index (χ3v) is 8.69. The van der Waals surface area contributed by atoms with Crippen LogP contribution in [0.5, 0.6) is 0 Å². The standard InChI is InChI=1S/C40H26N2/c1-3-12-28(13-4-1)39-26-36-38(41(39)30-14-5-2-6-15-30)24-23-35-34-17-9-10-18-37(34)42(40(35)36)31-21-22-33-29(25-31)20-19-27-11-7-8-16-32(27)33/h1-26H. The van der Waals surface area contributed by atoms with Crippen LogP contribution in [0, 0.1) is 0 Å². The van der Waals surface area contributed by atoms with Gasteiger partial charge >= 0.3 is 0 Å². The Morgan fingerprint density at radius 2 is 0.976 bits per heavy atom. The van der Waals surface area contributed by atoms with Gasteiger partial charge in [-0.2, -0.15) is 0 Å². The summed E-state index contributed by atoms with van der Waals surface area (Å²) in [6, 6.07) is 57.2. The van der Waals surface area contributed by atoms with Gasteiger partial charge in [0, 0.05) is 27.5 Å². The maximum atomic E-state index is 2.46. The normalized spacial score (nSPS) is 11.8. The minimum absolute atomic E-state index is 1.16. The molecular formula is C40H26N2. The molecule has 0 aliphatic heterocycles. The van der Waals surface area contributed by atoms with E-state index in [-0.39, 0.29) is 0 Å². The molecule has 0 aliphatic carbocycles. The predicted octanol–water partition coefficient (Wildman–Crippen LogP) is 10.7. The first kappa shape index (κ1) is 23.1. The van der Waals surface area contributed by atoms with Crippen molar-refractivity contribution in [2.24, 2.45) is 0 Å². The van der Waals surface area contributed by atoms with Crippen LogP contribution >= 0.6 is 0 Å². The van der Waals surface area contributed by atoms with Crippen molar-refractivity contribution < 1.29 is 0 Å². The topological polar surface area (TPSA) is 9.86 Å². The third-order valence-electron chi connectivity index (χ3n) is 8.69. The number of hydrogen-bond donors (Lipinski definition) is 0. The molecule has 0 aliphatic rings. The first-order valence-electron chi connectivity index (χ1n) is 14.5. The lowest BCUT2D eigenvalue weighted by Crippen LogP contribution is -1.97. The Morgan fingerprint density at radius 1 is 0.333 bits per heavy atom. The summed E-state index contributed by atoms with van der Waals surface area (Å²) in [4.78, 5) is 0. The molecule has 2 aromatic heterocycles. The van der Waals surface area contributed by atoms with E-state index in [9.17, 15) is 0 Å². The molecule has 196 valence electrons. The highest BCUT2D eigenvalue weighted by atomic mass is 15.0. The summed E-state index contributed by atoms with van der Waals surface area (Å²) in [6.07, 6.45) is 0. The molecule has 0 fully saturated rings. The molecule has 9 rings (SSSR count). The fraction of sp³-hybridized carbons (Fsp3) is 0. The minimum Gasteiger partial charge on any atom is -0.309 e. The Hall–Kier alpha value is -5.60. The third kappa shape index (κ3) is 3.33. The molecular weight excluding hydrogens is 508 g/mol. The minimum atomic E-state index is 1.16. The first-order valence-corrected chi connectivity index (χ1v) is 14.5. The van der Waals surface area contributed by atoms with Crippen LogP contribution in [0.25, 0.3) is 76.9 Å². The van der Waals surface area contributed by atoms with Crippen molar-refractivity contribution in [1.29, 1.82) is 0 Å². The Morgan fingerprint density at radius 3 is 1.83 bits per heavy atom. The summed E-state index contributed by atoms with van der Waals surface area (Å²) in [5.41, 5.74) is 8.37. The van der Waals surface area contributed by atoms with Gasteiger partial charge in [-0.25, -0.2) is 0 Å². The van der Waals surface area contributed by atoms with Crippen LogP contribution in [0.1, 0.15) is 0 Å². The molecule has 0 unspecified atom stereocenters. The number of hydrogen-bond acceptors (Lipinski definition) is 0. The van der Waals surface area contributed by atoms with Gasteiger partial charge in [0.05, 0.1) is 22.2 Å². The van der Waals surface area contributed by atoms with E-state index in [0.717, 1.165) is 5.69 Å². The van der Waals surface area contributed by atoms with Crippen LogP contribution in [0.4, 0.5) is 0 Å².